The highest BCUT2D eigenvalue weighted by atomic mass is 32.2. The number of hydrazine groups is 1. The summed E-state index contributed by atoms with van der Waals surface area (Å²) in [6, 6.07) is 16.4. The largest absolute Gasteiger partial charge is 0.331 e. The van der Waals surface area contributed by atoms with Crippen molar-refractivity contribution < 1.29 is 4.79 Å². The number of aryl methyl sites for hydroxylation is 1. The highest BCUT2D eigenvalue weighted by Crippen LogP contribution is 2.20. The molecule has 144 valence electrons. The molecule has 0 saturated heterocycles. The zero-order valence-corrected chi connectivity index (χ0v) is 17.7. The van der Waals surface area contributed by atoms with E-state index in [1.807, 2.05) is 24.3 Å². The van der Waals surface area contributed by atoms with Crippen molar-refractivity contribution in [3.63, 3.8) is 0 Å². The monoisotopic (exact) mass is 401 g/mol. The molecule has 0 bridgehead atoms. The molecule has 0 aliphatic heterocycles. The fourth-order valence-electron chi connectivity index (χ4n) is 2.48. The fraction of sp³-hybridized carbons (Fsp3) is 0.333. The van der Waals surface area contributed by atoms with Gasteiger partial charge in [-0.2, -0.15) is 0 Å². The molecule has 27 heavy (non-hydrogen) atoms. The molecule has 0 aliphatic carbocycles. The van der Waals surface area contributed by atoms with Gasteiger partial charge >= 0.3 is 0 Å². The summed E-state index contributed by atoms with van der Waals surface area (Å²) in [5.41, 5.74) is 10.1. The maximum atomic E-state index is 11.9. The van der Waals surface area contributed by atoms with Gasteiger partial charge < -0.3 is 5.32 Å². The van der Waals surface area contributed by atoms with Crippen molar-refractivity contribution in [1.29, 1.82) is 0 Å². The molecule has 4 nitrogen and oxygen atoms in total. The molecule has 1 atom stereocenters. The lowest BCUT2D eigenvalue weighted by Gasteiger charge is -2.13. The third-order valence-corrected chi connectivity index (χ3v) is 5.60. The average Bonchev–Trinajstić information content (AvgIpc) is 2.68. The van der Waals surface area contributed by atoms with Crippen LogP contribution in [0.2, 0.25) is 0 Å². The van der Waals surface area contributed by atoms with Gasteiger partial charge in [0.1, 0.15) is 0 Å². The SMILES string of the molecule is CCC(C)c1ccc(NC(=S)NNC(=O)CSCc2ccccc2C)cc1. The third-order valence-electron chi connectivity index (χ3n) is 4.42. The Hall–Kier alpha value is -2.05. The van der Waals surface area contributed by atoms with Gasteiger partial charge in [-0.05, 0) is 60.3 Å². The standard InChI is InChI=1S/C21H27N3OS2/c1-4-15(2)17-9-11-19(12-10-17)22-21(26)24-23-20(25)14-27-13-18-8-6-5-7-16(18)3/h5-12,15H,4,13-14H2,1-3H3,(H,23,25)(H2,22,24,26). The first-order valence-corrected chi connectivity index (χ1v) is 10.6. The summed E-state index contributed by atoms with van der Waals surface area (Å²) in [5, 5.41) is 3.43. The summed E-state index contributed by atoms with van der Waals surface area (Å²) < 4.78 is 0. The average molecular weight is 402 g/mol. The summed E-state index contributed by atoms with van der Waals surface area (Å²) in [4.78, 5) is 11.9. The highest BCUT2D eigenvalue weighted by molar-refractivity contribution is 7.99. The molecule has 2 aromatic carbocycles. The smallest absolute Gasteiger partial charge is 0.248 e. The van der Waals surface area contributed by atoms with Crippen LogP contribution in [-0.2, 0) is 10.5 Å². The van der Waals surface area contributed by atoms with Crippen LogP contribution in [0.15, 0.2) is 48.5 Å². The number of benzene rings is 2. The van der Waals surface area contributed by atoms with Crippen LogP contribution in [0.25, 0.3) is 0 Å². The second kappa shape index (κ2) is 10.9. The van der Waals surface area contributed by atoms with Crippen LogP contribution in [0.1, 0.15) is 42.9 Å². The summed E-state index contributed by atoms with van der Waals surface area (Å²) >= 11 is 6.80. The molecule has 0 saturated carbocycles. The molecule has 0 spiro atoms. The van der Waals surface area contributed by atoms with Gasteiger partial charge in [-0.3, -0.25) is 15.6 Å². The van der Waals surface area contributed by atoms with Crippen molar-refractivity contribution in [3.8, 4) is 0 Å². The molecule has 0 radical (unpaired) electrons. The van der Waals surface area contributed by atoms with Crippen molar-refractivity contribution in [1.82, 2.24) is 10.9 Å². The first-order valence-electron chi connectivity index (χ1n) is 9.07. The predicted molar refractivity (Wildman–Crippen MR) is 120 cm³/mol. The van der Waals surface area contributed by atoms with Gasteiger partial charge in [0.25, 0.3) is 0 Å². The molecule has 0 aliphatic rings. The molecule has 0 fully saturated rings. The Balaban J connectivity index is 1.68. The lowest BCUT2D eigenvalue weighted by Crippen LogP contribution is -2.44. The molecule has 0 heterocycles. The number of amides is 1. The van der Waals surface area contributed by atoms with Crippen molar-refractivity contribution in [2.45, 2.75) is 38.9 Å². The Morgan fingerprint density at radius 1 is 1.11 bits per heavy atom. The number of thioether (sulfide) groups is 1. The van der Waals surface area contributed by atoms with E-state index in [1.165, 1.54) is 16.7 Å². The van der Waals surface area contributed by atoms with Gasteiger partial charge in [0.15, 0.2) is 5.11 Å². The number of rotatable bonds is 7. The quantitative estimate of drug-likeness (QED) is 0.461. The van der Waals surface area contributed by atoms with E-state index in [0.29, 0.717) is 16.8 Å². The topological polar surface area (TPSA) is 53.2 Å². The van der Waals surface area contributed by atoms with Crippen molar-refractivity contribution in [3.05, 3.63) is 65.2 Å². The lowest BCUT2D eigenvalue weighted by molar-refractivity contribution is -0.119. The molecule has 0 aromatic heterocycles. The molecule has 3 N–H and O–H groups in total. The van der Waals surface area contributed by atoms with Gasteiger partial charge in [-0.25, -0.2) is 0 Å². The van der Waals surface area contributed by atoms with Gasteiger partial charge in [-0.15, -0.1) is 11.8 Å². The van der Waals surface area contributed by atoms with Gasteiger partial charge in [-0.1, -0.05) is 50.2 Å². The Morgan fingerprint density at radius 2 is 1.81 bits per heavy atom. The molecule has 2 aromatic rings. The maximum absolute atomic E-state index is 11.9. The number of nitrogens with one attached hydrogen (secondary N) is 3. The second-order valence-corrected chi connectivity index (χ2v) is 7.87. The molecular formula is C21H27N3OS2. The number of carbonyl (C=O) groups is 1. The second-order valence-electron chi connectivity index (χ2n) is 6.48. The van der Waals surface area contributed by atoms with E-state index >= 15 is 0 Å². The van der Waals surface area contributed by atoms with Crippen LogP contribution < -0.4 is 16.2 Å². The molecule has 1 unspecified atom stereocenters. The summed E-state index contributed by atoms with van der Waals surface area (Å²) in [6.45, 7) is 6.47. The zero-order valence-electron chi connectivity index (χ0n) is 16.0. The van der Waals surface area contributed by atoms with E-state index < -0.39 is 0 Å². The van der Waals surface area contributed by atoms with E-state index in [-0.39, 0.29) is 5.91 Å². The van der Waals surface area contributed by atoms with Gasteiger partial charge in [0, 0.05) is 11.4 Å². The zero-order chi connectivity index (χ0) is 19.6. The minimum Gasteiger partial charge on any atom is -0.331 e. The number of hydrogen-bond acceptors (Lipinski definition) is 3. The van der Waals surface area contributed by atoms with Crippen molar-refractivity contribution in [2.24, 2.45) is 0 Å². The number of thiocarbonyl (C=S) groups is 1. The first-order chi connectivity index (χ1) is 13.0. The Bertz CT molecular complexity index is 762. The lowest BCUT2D eigenvalue weighted by atomic mass is 9.99. The summed E-state index contributed by atoms with van der Waals surface area (Å²) in [5.74, 6) is 1.62. The van der Waals surface area contributed by atoms with Crippen molar-refractivity contribution >= 4 is 40.7 Å². The molecule has 2 rings (SSSR count). The Labute approximate surface area is 171 Å². The molecule has 1 amide bonds. The highest BCUT2D eigenvalue weighted by Gasteiger charge is 2.05. The predicted octanol–water partition coefficient (Wildman–Crippen LogP) is 4.76. The van der Waals surface area contributed by atoms with Crippen LogP contribution in [0.3, 0.4) is 0 Å². The van der Waals surface area contributed by atoms with Crippen LogP contribution in [0.5, 0.6) is 0 Å². The van der Waals surface area contributed by atoms with E-state index in [0.717, 1.165) is 17.9 Å². The first kappa shape index (κ1) is 21.3. The van der Waals surface area contributed by atoms with E-state index in [2.05, 4.69) is 61.2 Å². The Kier molecular flexibility index (Phi) is 8.61. The van der Waals surface area contributed by atoms with E-state index in [4.69, 9.17) is 12.2 Å². The Morgan fingerprint density at radius 3 is 2.48 bits per heavy atom. The number of anilines is 1. The van der Waals surface area contributed by atoms with Crippen molar-refractivity contribution in [2.75, 3.05) is 11.1 Å². The van der Waals surface area contributed by atoms with E-state index in [1.54, 1.807) is 11.8 Å². The van der Waals surface area contributed by atoms with Crippen LogP contribution in [0, 0.1) is 6.92 Å². The minimum absolute atomic E-state index is 0.107. The van der Waals surface area contributed by atoms with Gasteiger partial charge in [0.2, 0.25) is 5.91 Å². The third kappa shape index (κ3) is 7.23. The van der Waals surface area contributed by atoms with Crippen LogP contribution in [-0.4, -0.2) is 16.8 Å². The molecular weight excluding hydrogens is 374 g/mol. The minimum atomic E-state index is -0.107. The normalized spacial score (nSPS) is 11.5. The maximum Gasteiger partial charge on any atom is 0.248 e. The van der Waals surface area contributed by atoms with Crippen LogP contribution in [0.4, 0.5) is 5.69 Å². The fourth-order valence-corrected chi connectivity index (χ4v) is 3.55. The summed E-state index contributed by atoms with van der Waals surface area (Å²) in [6.07, 6.45) is 1.11. The summed E-state index contributed by atoms with van der Waals surface area (Å²) in [7, 11) is 0. The number of carbonyl (C=O) groups excluding carboxylic acids is 1. The van der Waals surface area contributed by atoms with Crippen LogP contribution >= 0.6 is 24.0 Å². The molecule has 6 heteroatoms. The van der Waals surface area contributed by atoms with E-state index in [9.17, 15) is 4.79 Å². The number of hydrogen-bond donors (Lipinski definition) is 3. The van der Waals surface area contributed by atoms with Gasteiger partial charge in [0.05, 0.1) is 5.75 Å².